The van der Waals surface area contributed by atoms with Gasteiger partial charge in [0.1, 0.15) is 12.4 Å². The summed E-state index contributed by atoms with van der Waals surface area (Å²) in [6.07, 6.45) is -1.47. The van der Waals surface area contributed by atoms with Gasteiger partial charge < -0.3 is 19.1 Å². The third kappa shape index (κ3) is 2.15. The smallest absolute Gasteiger partial charge is 0.340 e. The van der Waals surface area contributed by atoms with Crippen LogP contribution in [0.5, 0.6) is 5.75 Å². The predicted molar refractivity (Wildman–Crippen MR) is 96.7 cm³/mol. The molecule has 28 heavy (non-hydrogen) atoms. The third-order valence-corrected chi connectivity index (χ3v) is 5.35. The van der Waals surface area contributed by atoms with Crippen LogP contribution >= 0.6 is 0 Å². The van der Waals surface area contributed by atoms with E-state index in [0.717, 1.165) is 16.5 Å². The molecule has 3 aromatic rings. The zero-order chi connectivity index (χ0) is 19.6. The molecule has 2 aliphatic rings. The van der Waals surface area contributed by atoms with E-state index in [4.69, 9.17) is 14.5 Å². The van der Waals surface area contributed by atoms with Crippen LogP contribution in [0.1, 0.15) is 28.4 Å². The van der Waals surface area contributed by atoms with E-state index in [9.17, 15) is 19.5 Å². The Labute approximate surface area is 158 Å². The molecule has 140 valence electrons. The summed E-state index contributed by atoms with van der Waals surface area (Å²) in [4.78, 5) is 40.0. The van der Waals surface area contributed by atoms with Crippen LogP contribution in [0, 0.1) is 6.92 Å². The maximum Gasteiger partial charge on any atom is 0.340 e. The number of fused-ring (bicyclic) bond motifs is 5. The molecule has 2 aliphatic heterocycles. The van der Waals surface area contributed by atoms with Crippen molar-refractivity contribution >= 4 is 23.3 Å². The SMILES string of the molecule is Cc1c(OC=O)ccc2nc3c(cc12)Cn1c-3cc2c(c1=O)COC(=O)C2O. The van der Waals surface area contributed by atoms with Gasteiger partial charge in [-0.1, -0.05) is 0 Å². The number of ether oxygens (including phenoxy) is 2. The lowest BCUT2D eigenvalue weighted by molar-refractivity contribution is -0.157. The number of hydrogen-bond acceptors (Lipinski definition) is 7. The molecule has 0 amide bonds. The number of aryl methyl sites for hydroxylation is 1. The van der Waals surface area contributed by atoms with Gasteiger partial charge in [-0.05, 0) is 31.2 Å². The highest BCUT2D eigenvalue weighted by Gasteiger charge is 2.33. The number of nitrogens with zero attached hydrogens (tertiary/aromatic N) is 2. The van der Waals surface area contributed by atoms with E-state index >= 15 is 0 Å². The number of benzene rings is 1. The predicted octanol–water partition coefficient (Wildman–Crippen LogP) is 1.36. The molecule has 8 nitrogen and oxygen atoms in total. The number of hydrogen-bond donors (Lipinski definition) is 1. The number of aliphatic hydroxyl groups excluding tert-OH is 1. The molecule has 0 saturated carbocycles. The van der Waals surface area contributed by atoms with Gasteiger partial charge in [-0.2, -0.15) is 0 Å². The quantitative estimate of drug-likeness (QED) is 0.414. The van der Waals surface area contributed by atoms with Crippen molar-refractivity contribution in [1.29, 1.82) is 0 Å². The average Bonchev–Trinajstić information content (AvgIpc) is 3.04. The summed E-state index contributed by atoms with van der Waals surface area (Å²) < 4.78 is 11.5. The van der Waals surface area contributed by atoms with Gasteiger partial charge in [0.25, 0.3) is 12.0 Å². The number of aromatic nitrogens is 2. The van der Waals surface area contributed by atoms with E-state index in [1.54, 1.807) is 22.8 Å². The summed E-state index contributed by atoms with van der Waals surface area (Å²) >= 11 is 0. The van der Waals surface area contributed by atoms with Crippen molar-refractivity contribution in [2.45, 2.75) is 26.2 Å². The number of carbonyl (C=O) groups is 2. The Kier molecular flexibility index (Phi) is 3.41. The summed E-state index contributed by atoms with van der Waals surface area (Å²) in [5, 5.41) is 11.0. The Hall–Kier alpha value is -3.52. The summed E-state index contributed by atoms with van der Waals surface area (Å²) in [7, 11) is 0. The largest absolute Gasteiger partial charge is 0.458 e. The van der Waals surface area contributed by atoms with E-state index in [1.807, 2.05) is 13.0 Å². The summed E-state index contributed by atoms with van der Waals surface area (Å²) in [6, 6.07) is 6.98. The topological polar surface area (TPSA) is 108 Å². The molecular formula is C20H14N2O6. The van der Waals surface area contributed by atoms with Crippen molar-refractivity contribution < 1.29 is 24.2 Å². The van der Waals surface area contributed by atoms with Gasteiger partial charge in [-0.25, -0.2) is 9.78 Å². The molecule has 1 unspecified atom stereocenters. The minimum absolute atomic E-state index is 0.151. The normalized spacial score (nSPS) is 16.9. The fraction of sp³-hybridized carbons (Fsp3) is 0.200. The Bertz CT molecular complexity index is 1260. The molecule has 5 rings (SSSR count). The van der Waals surface area contributed by atoms with Crippen molar-refractivity contribution in [3.05, 3.63) is 56.9 Å². The molecule has 0 aliphatic carbocycles. The molecule has 0 saturated heterocycles. The zero-order valence-electron chi connectivity index (χ0n) is 14.8. The second kappa shape index (κ2) is 5.74. The van der Waals surface area contributed by atoms with Crippen LogP contribution in [-0.2, 0) is 27.5 Å². The lowest BCUT2D eigenvalue weighted by Gasteiger charge is -2.21. The number of carbonyl (C=O) groups excluding carboxylic acids is 2. The fourth-order valence-electron chi connectivity index (χ4n) is 3.90. The molecule has 1 atom stereocenters. The van der Waals surface area contributed by atoms with Crippen LogP contribution in [0.2, 0.25) is 0 Å². The fourth-order valence-corrected chi connectivity index (χ4v) is 3.90. The van der Waals surface area contributed by atoms with Crippen LogP contribution in [0.15, 0.2) is 29.1 Å². The first-order chi connectivity index (χ1) is 13.5. The Morgan fingerprint density at radius 2 is 2.14 bits per heavy atom. The van der Waals surface area contributed by atoms with E-state index < -0.39 is 12.1 Å². The first kappa shape index (κ1) is 16.6. The standard InChI is InChI=1S/C20H14N2O6/c1-9-11-4-10-6-22-15(17(10)21-14(11)2-3-16(9)28-8-23)5-12-13(19(22)25)7-27-20(26)18(12)24/h2-5,8,18,24H,6-7H2,1H3. The second-order valence-electron chi connectivity index (χ2n) is 6.83. The molecule has 0 bridgehead atoms. The van der Waals surface area contributed by atoms with Gasteiger partial charge in [0.15, 0.2) is 6.10 Å². The maximum absolute atomic E-state index is 12.9. The molecular weight excluding hydrogens is 364 g/mol. The molecule has 0 spiro atoms. The molecule has 2 aromatic heterocycles. The van der Waals surface area contributed by atoms with Gasteiger partial charge in [0.2, 0.25) is 0 Å². The van der Waals surface area contributed by atoms with Gasteiger partial charge in [-0.15, -0.1) is 0 Å². The number of aliphatic hydroxyl groups is 1. The van der Waals surface area contributed by atoms with Crippen LogP contribution < -0.4 is 10.3 Å². The Balaban J connectivity index is 1.74. The highest BCUT2D eigenvalue weighted by atomic mass is 16.5. The van der Waals surface area contributed by atoms with Crippen LogP contribution in [0.3, 0.4) is 0 Å². The van der Waals surface area contributed by atoms with Crippen LogP contribution in [-0.4, -0.2) is 27.1 Å². The highest BCUT2D eigenvalue weighted by molar-refractivity contribution is 5.89. The number of cyclic esters (lactones) is 1. The molecule has 1 N–H and O–H groups in total. The van der Waals surface area contributed by atoms with Crippen molar-refractivity contribution in [3.63, 3.8) is 0 Å². The van der Waals surface area contributed by atoms with E-state index in [0.29, 0.717) is 35.7 Å². The molecule has 4 heterocycles. The first-order valence-corrected chi connectivity index (χ1v) is 8.65. The van der Waals surface area contributed by atoms with Gasteiger partial charge in [0, 0.05) is 22.1 Å². The lowest BCUT2D eigenvalue weighted by Crippen LogP contribution is -2.32. The summed E-state index contributed by atoms with van der Waals surface area (Å²) in [5.74, 6) is -0.314. The number of rotatable bonds is 2. The second-order valence-corrected chi connectivity index (χ2v) is 6.83. The molecule has 8 heteroatoms. The van der Waals surface area contributed by atoms with Gasteiger partial charge >= 0.3 is 5.97 Å². The maximum atomic E-state index is 12.9. The third-order valence-electron chi connectivity index (χ3n) is 5.35. The van der Waals surface area contributed by atoms with Gasteiger partial charge in [-0.3, -0.25) is 9.59 Å². The number of pyridine rings is 2. The van der Waals surface area contributed by atoms with Crippen molar-refractivity contribution in [2.24, 2.45) is 0 Å². The van der Waals surface area contributed by atoms with Gasteiger partial charge in [0.05, 0.1) is 29.0 Å². The Morgan fingerprint density at radius 3 is 2.93 bits per heavy atom. The van der Waals surface area contributed by atoms with Crippen molar-refractivity contribution in [3.8, 4) is 17.1 Å². The zero-order valence-corrected chi connectivity index (χ0v) is 14.8. The number of esters is 1. The molecule has 0 radical (unpaired) electrons. The van der Waals surface area contributed by atoms with E-state index in [2.05, 4.69) is 0 Å². The lowest BCUT2D eigenvalue weighted by atomic mass is 10.00. The summed E-state index contributed by atoms with van der Waals surface area (Å²) in [5.41, 5.74) is 3.73. The van der Waals surface area contributed by atoms with Crippen molar-refractivity contribution in [2.75, 3.05) is 0 Å². The van der Waals surface area contributed by atoms with E-state index in [1.165, 1.54) is 0 Å². The monoisotopic (exact) mass is 378 g/mol. The van der Waals surface area contributed by atoms with Crippen molar-refractivity contribution in [1.82, 2.24) is 9.55 Å². The summed E-state index contributed by atoms with van der Waals surface area (Å²) in [6.45, 7) is 2.38. The molecule has 1 aromatic carbocycles. The van der Waals surface area contributed by atoms with Crippen LogP contribution in [0.4, 0.5) is 0 Å². The first-order valence-electron chi connectivity index (χ1n) is 8.65. The minimum Gasteiger partial charge on any atom is -0.458 e. The molecule has 0 fully saturated rings. The van der Waals surface area contributed by atoms with E-state index in [-0.39, 0.29) is 23.3 Å². The highest BCUT2D eigenvalue weighted by Crippen LogP contribution is 2.36. The van der Waals surface area contributed by atoms with Crippen LogP contribution in [0.25, 0.3) is 22.3 Å². The minimum atomic E-state index is -1.47. The average molecular weight is 378 g/mol. The Morgan fingerprint density at radius 1 is 1.32 bits per heavy atom.